The molecule has 0 heterocycles. The molecule has 1 atom stereocenters. The van der Waals surface area contributed by atoms with Gasteiger partial charge in [-0.25, -0.2) is 4.79 Å². The molecule has 0 amide bonds. The van der Waals surface area contributed by atoms with E-state index in [1.54, 1.807) is 0 Å². The molecule has 208 valence electrons. The summed E-state index contributed by atoms with van der Waals surface area (Å²) in [4.78, 5) is 11.3. The zero-order valence-corrected chi connectivity index (χ0v) is 17.4. The minimum atomic E-state index is -8.40. The normalized spacial score (nSPS) is 16.5. The van der Waals surface area contributed by atoms with Gasteiger partial charge in [0.2, 0.25) is 0 Å². The van der Waals surface area contributed by atoms with E-state index in [4.69, 9.17) is 0 Å². The Morgan fingerprint density at radius 2 is 1.06 bits per heavy atom. The molecule has 0 radical (unpaired) electrons. The Morgan fingerprint density at radius 1 is 0.694 bits per heavy atom. The fourth-order valence-electron chi connectivity index (χ4n) is 2.73. The van der Waals surface area contributed by atoms with Gasteiger partial charge in [-0.1, -0.05) is 12.1 Å². The number of alkyl halides is 15. The quantitative estimate of drug-likeness (QED) is 0.278. The third-order valence-corrected chi connectivity index (χ3v) is 4.89. The van der Waals surface area contributed by atoms with Gasteiger partial charge in [-0.2, -0.15) is 65.9 Å². The topological polar surface area (TPSA) is 46.5 Å². The van der Waals surface area contributed by atoms with Crippen molar-refractivity contribution in [1.29, 1.82) is 0 Å². The molecule has 36 heavy (non-hydrogen) atoms. The van der Waals surface area contributed by atoms with E-state index in [2.05, 4.69) is 4.74 Å². The van der Waals surface area contributed by atoms with Crippen LogP contribution < -0.4 is 0 Å². The number of esters is 1. The Bertz CT molecular complexity index is 949. The van der Waals surface area contributed by atoms with Crippen molar-refractivity contribution in [3.8, 4) is 0 Å². The summed E-state index contributed by atoms with van der Waals surface area (Å²) < 4.78 is 203. The van der Waals surface area contributed by atoms with Crippen LogP contribution in [0.5, 0.6) is 0 Å². The summed E-state index contributed by atoms with van der Waals surface area (Å²) in [6.45, 7) is 0.229. The smallest absolute Gasteiger partial charge is 0.460 e. The SMILES string of the molecule is COC(=O)c1ccc(C(C)(O)CC(F)(F)C(F)(F)C(F)(F)C(F)(F)C(F)(F)C(F)(F)C(F)(F)F)cc1. The minimum absolute atomic E-state index is 0.229. The van der Waals surface area contributed by atoms with Gasteiger partial charge in [0, 0.05) is 0 Å². The van der Waals surface area contributed by atoms with Crippen LogP contribution in [0.2, 0.25) is 0 Å². The summed E-state index contributed by atoms with van der Waals surface area (Å²) in [5.41, 5.74) is -4.53. The highest BCUT2D eigenvalue weighted by Gasteiger charge is 2.93. The molecule has 18 heteroatoms. The van der Waals surface area contributed by atoms with E-state index < -0.39 is 65.3 Å². The van der Waals surface area contributed by atoms with Crippen LogP contribution in [0.1, 0.15) is 29.3 Å². The van der Waals surface area contributed by atoms with Crippen LogP contribution in [-0.4, -0.2) is 59.9 Å². The Hall–Kier alpha value is -2.40. The summed E-state index contributed by atoms with van der Waals surface area (Å²) in [5, 5.41) is 10.1. The monoisotopic (exact) mass is 562 g/mol. The van der Waals surface area contributed by atoms with E-state index in [9.17, 15) is 75.8 Å². The highest BCUT2D eigenvalue weighted by atomic mass is 19.4. The first-order valence-corrected chi connectivity index (χ1v) is 8.90. The number of methoxy groups -OCH3 is 1. The van der Waals surface area contributed by atoms with Crippen LogP contribution in [-0.2, 0) is 10.3 Å². The van der Waals surface area contributed by atoms with Gasteiger partial charge in [-0.05, 0) is 24.6 Å². The Labute approximate surface area is 190 Å². The Morgan fingerprint density at radius 3 is 1.42 bits per heavy atom. The third kappa shape index (κ3) is 4.67. The zero-order chi connectivity index (χ0) is 29.0. The van der Waals surface area contributed by atoms with E-state index in [0.29, 0.717) is 12.1 Å². The number of halogens is 15. The molecule has 0 spiro atoms. The van der Waals surface area contributed by atoms with Gasteiger partial charge in [-0.3, -0.25) is 0 Å². The van der Waals surface area contributed by atoms with Crippen molar-refractivity contribution in [2.75, 3.05) is 7.11 Å². The van der Waals surface area contributed by atoms with Crippen molar-refractivity contribution in [1.82, 2.24) is 0 Å². The summed E-state index contributed by atoms with van der Waals surface area (Å²) in [7, 11) is 0.902. The predicted molar refractivity (Wildman–Crippen MR) is 87.7 cm³/mol. The lowest BCUT2D eigenvalue weighted by Gasteiger charge is -2.42. The molecule has 1 unspecified atom stereocenters. The van der Waals surface area contributed by atoms with E-state index >= 15 is 0 Å². The highest BCUT2D eigenvalue weighted by Crippen LogP contribution is 2.63. The molecular weight excluding hydrogens is 549 g/mol. The van der Waals surface area contributed by atoms with Gasteiger partial charge in [-0.15, -0.1) is 0 Å². The standard InChI is InChI=1S/C18H13F15O3/c1-11(35,9-5-3-8(4-6-9)10(34)36-2)7-12(19,20)13(21,22)14(23,24)15(25,26)16(27,28)17(29,30)18(31,32)33/h3-6,35H,7H2,1-2H3. The number of carbonyl (C=O) groups is 1. The number of rotatable bonds is 9. The number of ether oxygens (including phenoxy) is 1. The number of benzene rings is 1. The predicted octanol–water partition coefficient (Wildman–Crippen LogP) is 6.44. The van der Waals surface area contributed by atoms with Gasteiger partial charge >= 0.3 is 47.7 Å². The van der Waals surface area contributed by atoms with Crippen LogP contribution in [0.4, 0.5) is 65.9 Å². The lowest BCUT2D eigenvalue weighted by molar-refractivity contribution is -0.453. The van der Waals surface area contributed by atoms with Crippen molar-refractivity contribution >= 4 is 5.97 Å². The Kier molecular flexibility index (Phi) is 7.79. The van der Waals surface area contributed by atoms with Crippen LogP contribution in [0.15, 0.2) is 24.3 Å². The first-order chi connectivity index (χ1) is 15.7. The van der Waals surface area contributed by atoms with Gasteiger partial charge in [0.15, 0.2) is 0 Å². The van der Waals surface area contributed by atoms with Gasteiger partial charge in [0.1, 0.15) is 0 Å². The fourth-order valence-corrected chi connectivity index (χ4v) is 2.73. The molecule has 0 aliphatic rings. The van der Waals surface area contributed by atoms with Crippen molar-refractivity contribution < 1.29 is 80.5 Å². The second-order valence-electron chi connectivity index (χ2n) is 7.59. The van der Waals surface area contributed by atoms with Gasteiger partial charge in [0.05, 0.1) is 24.7 Å². The summed E-state index contributed by atoms with van der Waals surface area (Å²) in [5.74, 6) is -48.4. The number of hydrogen-bond acceptors (Lipinski definition) is 3. The summed E-state index contributed by atoms with van der Waals surface area (Å²) in [6.07, 6.45) is -10.6. The molecule has 0 bridgehead atoms. The molecule has 1 aromatic rings. The lowest BCUT2D eigenvalue weighted by Crippen LogP contribution is -2.72. The number of hydrogen-bond donors (Lipinski definition) is 1. The maximum Gasteiger partial charge on any atom is 0.460 e. The summed E-state index contributed by atoms with van der Waals surface area (Å²) >= 11 is 0. The highest BCUT2D eigenvalue weighted by molar-refractivity contribution is 5.89. The number of aliphatic hydroxyl groups is 1. The Balaban J connectivity index is 3.49. The second-order valence-corrected chi connectivity index (χ2v) is 7.59. The van der Waals surface area contributed by atoms with Crippen molar-refractivity contribution in [2.45, 2.75) is 60.7 Å². The van der Waals surface area contributed by atoms with E-state index in [-0.39, 0.29) is 12.5 Å². The molecule has 1 aromatic carbocycles. The van der Waals surface area contributed by atoms with E-state index in [0.717, 1.165) is 19.2 Å². The van der Waals surface area contributed by atoms with Crippen LogP contribution >= 0.6 is 0 Å². The molecule has 0 fully saturated rings. The van der Waals surface area contributed by atoms with E-state index in [1.165, 1.54) is 0 Å². The van der Waals surface area contributed by atoms with Crippen LogP contribution in [0, 0.1) is 0 Å². The van der Waals surface area contributed by atoms with Gasteiger partial charge < -0.3 is 9.84 Å². The first kappa shape index (κ1) is 31.6. The zero-order valence-electron chi connectivity index (χ0n) is 17.4. The molecule has 3 nitrogen and oxygen atoms in total. The molecule has 0 saturated heterocycles. The molecular formula is C18H13F15O3. The third-order valence-electron chi connectivity index (χ3n) is 4.89. The first-order valence-electron chi connectivity index (χ1n) is 8.90. The van der Waals surface area contributed by atoms with Crippen molar-refractivity contribution in [2.24, 2.45) is 0 Å². The average Bonchev–Trinajstić information content (AvgIpc) is 2.70. The molecule has 1 rings (SSSR count). The van der Waals surface area contributed by atoms with Crippen LogP contribution in [0.3, 0.4) is 0 Å². The molecule has 0 aromatic heterocycles. The van der Waals surface area contributed by atoms with Crippen molar-refractivity contribution in [3.63, 3.8) is 0 Å². The van der Waals surface area contributed by atoms with Gasteiger partial charge in [0.25, 0.3) is 0 Å². The van der Waals surface area contributed by atoms with Crippen LogP contribution in [0.25, 0.3) is 0 Å². The molecule has 1 N–H and O–H groups in total. The lowest BCUT2D eigenvalue weighted by atomic mass is 9.83. The van der Waals surface area contributed by atoms with E-state index in [1.807, 2.05) is 0 Å². The van der Waals surface area contributed by atoms with Crippen molar-refractivity contribution in [3.05, 3.63) is 35.4 Å². The number of carbonyl (C=O) groups excluding carboxylic acids is 1. The maximum atomic E-state index is 14.1. The molecule has 0 saturated carbocycles. The minimum Gasteiger partial charge on any atom is -0.465 e. The second kappa shape index (κ2) is 8.86. The molecule has 0 aliphatic heterocycles. The molecule has 0 aliphatic carbocycles. The maximum absolute atomic E-state index is 14.1. The average molecular weight is 562 g/mol. The largest absolute Gasteiger partial charge is 0.465 e. The fraction of sp³-hybridized carbons (Fsp3) is 0.611. The summed E-state index contributed by atoms with van der Waals surface area (Å²) in [6, 6.07) is 2.67.